The van der Waals surface area contributed by atoms with Gasteiger partial charge in [0.15, 0.2) is 5.65 Å². The lowest BCUT2D eigenvalue weighted by Gasteiger charge is -2.36. The van der Waals surface area contributed by atoms with Crippen LogP contribution in [0.4, 0.5) is 5.69 Å². The molecule has 4 aromatic rings. The SMILES string of the molecule is COc1ccccc1-c1cc(C(=O)N2CCN(c3cccc(Cl)c3)CC2)nc2cc(C(C)(C)C)nn12. The molecule has 0 radical (unpaired) electrons. The van der Waals surface area contributed by atoms with E-state index in [4.69, 9.17) is 26.4 Å². The van der Waals surface area contributed by atoms with Crippen LogP contribution in [0.3, 0.4) is 0 Å². The summed E-state index contributed by atoms with van der Waals surface area (Å²) >= 11 is 6.17. The lowest BCUT2D eigenvalue weighted by Crippen LogP contribution is -2.49. The molecule has 1 fully saturated rings. The number of nitrogens with zero attached hydrogens (tertiary/aromatic N) is 5. The molecule has 5 rings (SSSR count). The third-order valence-corrected chi connectivity index (χ3v) is 6.77. The maximum atomic E-state index is 13.6. The maximum Gasteiger partial charge on any atom is 0.272 e. The van der Waals surface area contributed by atoms with Gasteiger partial charge in [-0.1, -0.05) is 50.6 Å². The van der Waals surface area contributed by atoms with Crippen LogP contribution in [-0.4, -0.2) is 58.7 Å². The van der Waals surface area contributed by atoms with Gasteiger partial charge in [0.05, 0.1) is 18.5 Å². The van der Waals surface area contributed by atoms with Gasteiger partial charge in [0.1, 0.15) is 11.4 Å². The predicted molar refractivity (Wildman–Crippen MR) is 143 cm³/mol. The van der Waals surface area contributed by atoms with Gasteiger partial charge in [0.25, 0.3) is 5.91 Å². The molecule has 0 saturated carbocycles. The summed E-state index contributed by atoms with van der Waals surface area (Å²) in [6.45, 7) is 9.02. The second-order valence-electron chi connectivity index (χ2n) is 10.0. The van der Waals surface area contributed by atoms with Crippen LogP contribution in [0.25, 0.3) is 16.9 Å². The Bertz CT molecular complexity index is 1420. The molecular weight excluding hydrogens is 474 g/mol. The first kappa shape index (κ1) is 24.1. The van der Waals surface area contributed by atoms with Gasteiger partial charge >= 0.3 is 0 Å². The van der Waals surface area contributed by atoms with Crippen molar-refractivity contribution in [2.24, 2.45) is 0 Å². The van der Waals surface area contributed by atoms with Crippen molar-refractivity contribution in [3.63, 3.8) is 0 Å². The van der Waals surface area contributed by atoms with Crippen LogP contribution in [0.15, 0.2) is 60.7 Å². The summed E-state index contributed by atoms with van der Waals surface area (Å²) in [7, 11) is 1.65. The molecule has 1 aliphatic heterocycles. The van der Waals surface area contributed by atoms with Gasteiger partial charge < -0.3 is 14.5 Å². The average Bonchev–Trinajstić information content (AvgIpc) is 3.33. The van der Waals surface area contributed by atoms with Crippen molar-refractivity contribution >= 4 is 28.8 Å². The molecule has 8 heteroatoms. The van der Waals surface area contributed by atoms with Crippen molar-refractivity contribution in [2.45, 2.75) is 26.2 Å². The fourth-order valence-corrected chi connectivity index (χ4v) is 4.69. The Balaban J connectivity index is 1.50. The van der Waals surface area contributed by atoms with Crippen LogP contribution in [0.2, 0.25) is 5.02 Å². The zero-order chi connectivity index (χ0) is 25.4. The van der Waals surface area contributed by atoms with Gasteiger partial charge in [-0.3, -0.25) is 4.79 Å². The lowest BCUT2D eigenvalue weighted by atomic mass is 9.93. The fraction of sp³-hybridized carbons (Fsp3) is 0.321. The van der Waals surface area contributed by atoms with E-state index in [0.717, 1.165) is 35.7 Å². The molecule has 186 valence electrons. The highest BCUT2D eigenvalue weighted by atomic mass is 35.5. The topological polar surface area (TPSA) is 63.0 Å². The maximum absolute atomic E-state index is 13.6. The Morgan fingerprint density at radius 2 is 1.72 bits per heavy atom. The van der Waals surface area contributed by atoms with Crippen molar-refractivity contribution in [2.75, 3.05) is 38.2 Å². The molecule has 0 aliphatic carbocycles. The molecule has 2 aromatic carbocycles. The summed E-state index contributed by atoms with van der Waals surface area (Å²) in [4.78, 5) is 22.5. The summed E-state index contributed by atoms with van der Waals surface area (Å²) in [5.41, 5.74) is 4.49. The third kappa shape index (κ3) is 4.63. The number of halogens is 1. The number of hydrogen-bond acceptors (Lipinski definition) is 5. The molecule has 0 atom stereocenters. The Kier molecular flexibility index (Phi) is 6.35. The van der Waals surface area contributed by atoms with Gasteiger partial charge in [-0.25, -0.2) is 9.50 Å². The summed E-state index contributed by atoms with van der Waals surface area (Å²) in [6.07, 6.45) is 0. The molecule has 1 aliphatic rings. The van der Waals surface area contributed by atoms with E-state index >= 15 is 0 Å². The molecule has 2 aromatic heterocycles. The van der Waals surface area contributed by atoms with E-state index in [0.29, 0.717) is 35.2 Å². The van der Waals surface area contributed by atoms with Crippen molar-refractivity contribution < 1.29 is 9.53 Å². The Labute approximate surface area is 216 Å². The zero-order valence-electron chi connectivity index (χ0n) is 21.0. The van der Waals surface area contributed by atoms with Crippen LogP contribution < -0.4 is 9.64 Å². The Hall–Kier alpha value is -3.58. The second kappa shape index (κ2) is 9.47. The van der Waals surface area contributed by atoms with Crippen LogP contribution in [0, 0.1) is 0 Å². The summed E-state index contributed by atoms with van der Waals surface area (Å²) < 4.78 is 7.44. The molecule has 36 heavy (non-hydrogen) atoms. The predicted octanol–water partition coefficient (Wildman–Crippen LogP) is 5.32. The van der Waals surface area contributed by atoms with Crippen LogP contribution in [0.1, 0.15) is 37.0 Å². The molecule has 3 heterocycles. The number of piperazine rings is 1. The van der Waals surface area contributed by atoms with Gasteiger partial charge in [0, 0.05) is 53.9 Å². The summed E-state index contributed by atoms with van der Waals surface area (Å²) in [5.74, 6) is 0.629. The number of methoxy groups -OCH3 is 1. The molecular formula is C28H30ClN5O2. The molecule has 0 bridgehead atoms. The zero-order valence-corrected chi connectivity index (χ0v) is 21.8. The minimum absolute atomic E-state index is 0.0853. The van der Waals surface area contributed by atoms with Gasteiger partial charge in [-0.15, -0.1) is 0 Å². The molecule has 0 spiro atoms. The molecule has 1 saturated heterocycles. The van der Waals surface area contributed by atoms with Crippen molar-refractivity contribution in [1.82, 2.24) is 19.5 Å². The number of amides is 1. The van der Waals surface area contributed by atoms with Gasteiger partial charge in [-0.05, 0) is 36.4 Å². The van der Waals surface area contributed by atoms with Crippen molar-refractivity contribution in [1.29, 1.82) is 0 Å². The number of carbonyl (C=O) groups is 1. The normalized spacial score (nSPS) is 14.4. The van der Waals surface area contributed by atoms with E-state index in [-0.39, 0.29) is 11.3 Å². The summed E-state index contributed by atoms with van der Waals surface area (Å²) in [5, 5.41) is 5.57. The standard InChI is InChI=1S/C28H30ClN5O2/c1-28(2,3)25-18-26-30-22(17-23(34(26)31-25)21-10-5-6-11-24(21)36-4)27(35)33-14-12-32(13-15-33)20-9-7-8-19(29)16-20/h5-11,16-18H,12-15H2,1-4H3. The quantitative estimate of drug-likeness (QED) is 0.377. The number of para-hydroxylation sites is 1. The number of anilines is 1. The average molecular weight is 504 g/mol. The van der Waals surface area contributed by atoms with E-state index in [1.165, 1.54) is 0 Å². The van der Waals surface area contributed by atoms with Crippen LogP contribution >= 0.6 is 11.6 Å². The number of fused-ring (bicyclic) bond motifs is 1. The molecule has 7 nitrogen and oxygen atoms in total. The van der Waals surface area contributed by atoms with E-state index in [9.17, 15) is 4.79 Å². The number of aromatic nitrogens is 3. The van der Waals surface area contributed by atoms with Crippen LogP contribution in [-0.2, 0) is 5.41 Å². The van der Waals surface area contributed by atoms with E-state index < -0.39 is 0 Å². The number of rotatable bonds is 4. The van der Waals surface area contributed by atoms with Crippen molar-refractivity contribution in [3.05, 3.63) is 77.1 Å². The van der Waals surface area contributed by atoms with Gasteiger partial charge in [0.2, 0.25) is 0 Å². The highest BCUT2D eigenvalue weighted by Gasteiger charge is 2.26. The van der Waals surface area contributed by atoms with E-state index in [1.807, 2.05) is 70.1 Å². The first-order valence-electron chi connectivity index (χ1n) is 12.1. The fourth-order valence-electron chi connectivity index (χ4n) is 4.50. The highest BCUT2D eigenvalue weighted by Crippen LogP contribution is 2.32. The first-order chi connectivity index (χ1) is 17.2. The minimum Gasteiger partial charge on any atom is -0.496 e. The molecule has 0 N–H and O–H groups in total. The third-order valence-electron chi connectivity index (χ3n) is 6.54. The smallest absolute Gasteiger partial charge is 0.272 e. The first-order valence-corrected chi connectivity index (χ1v) is 12.5. The lowest BCUT2D eigenvalue weighted by molar-refractivity contribution is 0.0741. The monoisotopic (exact) mass is 503 g/mol. The summed E-state index contributed by atoms with van der Waals surface area (Å²) in [6, 6.07) is 19.4. The number of ether oxygens (including phenoxy) is 1. The minimum atomic E-state index is -0.160. The second-order valence-corrected chi connectivity index (χ2v) is 10.5. The number of carbonyl (C=O) groups excluding carboxylic acids is 1. The van der Waals surface area contributed by atoms with Crippen LogP contribution in [0.5, 0.6) is 5.75 Å². The molecule has 0 unspecified atom stereocenters. The molecule has 1 amide bonds. The van der Waals surface area contributed by atoms with E-state index in [1.54, 1.807) is 7.11 Å². The Morgan fingerprint density at radius 3 is 2.42 bits per heavy atom. The number of hydrogen-bond donors (Lipinski definition) is 0. The number of benzene rings is 2. The Morgan fingerprint density at radius 1 is 0.972 bits per heavy atom. The van der Waals surface area contributed by atoms with Crippen molar-refractivity contribution in [3.8, 4) is 17.0 Å². The highest BCUT2D eigenvalue weighted by molar-refractivity contribution is 6.30. The van der Waals surface area contributed by atoms with E-state index in [2.05, 4.69) is 25.7 Å². The van der Waals surface area contributed by atoms with Gasteiger partial charge in [-0.2, -0.15) is 5.10 Å². The largest absolute Gasteiger partial charge is 0.496 e.